The molecule has 0 spiro atoms. The number of esters is 1. The molecule has 4 rings (SSSR count). The molecular weight excluding hydrogens is 394 g/mol. The highest BCUT2D eigenvalue weighted by molar-refractivity contribution is 5.97. The average Bonchev–Trinajstić information content (AvgIpc) is 3.23. The molecule has 31 heavy (non-hydrogen) atoms. The van der Waals surface area contributed by atoms with Crippen LogP contribution in [0.25, 0.3) is 22.4 Å². The van der Waals surface area contributed by atoms with Gasteiger partial charge in [-0.3, -0.25) is 4.79 Å². The Morgan fingerprint density at radius 3 is 2.52 bits per heavy atom. The number of hydrogen-bond acceptors (Lipinski definition) is 5. The van der Waals surface area contributed by atoms with Gasteiger partial charge in [0.15, 0.2) is 6.61 Å². The number of rotatable bonds is 7. The van der Waals surface area contributed by atoms with Crippen LogP contribution in [-0.2, 0) is 9.53 Å². The predicted octanol–water partition coefficient (Wildman–Crippen LogP) is 4.42. The third-order valence-electron chi connectivity index (χ3n) is 4.55. The lowest BCUT2D eigenvalue weighted by Crippen LogP contribution is -2.20. The Labute approximate surface area is 179 Å². The van der Waals surface area contributed by atoms with Gasteiger partial charge in [0.1, 0.15) is 11.6 Å². The molecule has 156 valence electrons. The van der Waals surface area contributed by atoms with Crippen LogP contribution in [0.5, 0.6) is 5.75 Å². The van der Waals surface area contributed by atoms with E-state index in [1.54, 1.807) is 42.5 Å². The monoisotopic (exact) mass is 415 g/mol. The minimum absolute atomic E-state index is 0.338. The van der Waals surface area contributed by atoms with Gasteiger partial charge in [0.25, 0.3) is 5.91 Å². The van der Waals surface area contributed by atoms with Gasteiger partial charge in [-0.2, -0.15) is 0 Å². The van der Waals surface area contributed by atoms with E-state index in [-0.39, 0.29) is 6.61 Å². The summed E-state index contributed by atoms with van der Waals surface area (Å²) in [6, 6.07) is 21.7. The van der Waals surface area contributed by atoms with Crippen LogP contribution in [-0.4, -0.2) is 35.1 Å². The van der Waals surface area contributed by atoms with Crippen molar-refractivity contribution in [2.45, 2.75) is 6.92 Å². The zero-order chi connectivity index (χ0) is 21.6. The molecule has 0 saturated carbocycles. The summed E-state index contributed by atoms with van der Waals surface area (Å²) in [5.74, 6) is 0.429. The number of nitrogens with zero attached hydrogens (tertiary/aromatic N) is 1. The fourth-order valence-electron chi connectivity index (χ4n) is 3.08. The van der Waals surface area contributed by atoms with E-state index in [1.807, 2.05) is 37.3 Å². The van der Waals surface area contributed by atoms with Crippen molar-refractivity contribution in [3.63, 3.8) is 0 Å². The molecule has 0 aliphatic heterocycles. The van der Waals surface area contributed by atoms with E-state index in [1.165, 1.54) is 0 Å². The van der Waals surface area contributed by atoms with Gasteiger partial charge in [0, 0.05) is 11.3 Å². The van der Waals surface area contributed by atoms with Crippen LogP contribution in [0.4, 0.5) is 5.69 Å². The zero-order valence-electron chi connectivity index (χ0n) is 16.9. The summed E-state index contributed by atoms with van der Waals surface area (Å²) in [5.41, 5.74) is 3.34. The Hall–Kier alpha value is -4.13. The summed E-state index contributed by atoms with van der Waals surface area (Å²) in [7, 11) is 0. The summed E-state index contributed by atoms with van der Waals surface area (Å²) in [4.78, 5) is 32.2. The normalized spacial score (nSPS) is 10.6. The highest BCUT2D eigenvalue weighted by Gasteiger charge is 2.13. The molecule has 1 aromatic heterocycles. The number of amides is 1. The molecule has 4 aromatic rings. The van der Waals surface area contributed by atoms with Crippen molar-refractivity contribution in [1.82, 2.24) is 9.97 Å². The lowest BCUT2D eigenvalue weighted by atomic mass is 10.2. The second-order valence-electron chi connectivity index (χ2n) is 6.77. The number of nitrogens with one attached hydrogen (secondary N) is 2. The van der Waals surface area contributed by atoms with Crippen molar-refractivity contribution < 1.29 is 19.1 Å². The largest absolute Gasteiger partial charge is 0.494 e. The smallest absolute Gasteiger partial charge is 0.338 e. The van der Waals surface area contributed by atoms with Crippen molar-refractivity contribution in [3.8, 4) is 17.1 Å². The summed E-state index contributed by atoms with van der Waals surface area (Å²) in [6.45, 7) is 2.08. The molecule has 1 amide bonds. The number of benzene rings is 3. The highest BCUT2D eigenvalue weighted by Crippen LogP contribution is 2.21. The summed E-state index contributed by atoms with van der Waals surface area (Å²) >= 11 is 0. The van der Waals surface area contributed by atoms with Gasteiger partial charge >= 0.3 is 5.97 Å². The Balaban J connectivity index is 1.37. The number of carbonyl (C=O) groups is 2. The third-order valence-corrected chi connectivity index (χ3v) is 4.55. The minimum Gasteiger partial charge on any atom is -0.494 e. The van der Waals surface area contributed by atoms with Gasteiger partial charge in [-0.05, 0) is 49.4 Å². The SMILES string of the molecule is CCOc1ccc(NC(=O)COC(=O)c2ccc3nc(-c4ccccc4)[nH]c3c2)cc1. The molecule has 1 heterocycles. The maximum Gasteiger partial charge on any atom is 0.338 e. The van der Waals surface area contributed by atoms with Crippen LogP contribution in [0.3, 0.4) is 0 Å². The van der Waals surface area contributed by atoms with Crippen LogP contribution in [0.2, 0.25) is 0 Å². The number of imidazole rings is 1. The third kappa shape index (κ3) is 4.90. The molecule has 7 nitrogen and oxygen atoms in total. The fraction of sp³-hybridized carbons (Fsp3) is 0.125. The minimum atomic E-state index is -0.584. The van der Waals surface area contributed by atoms with Crippen molar-refractivity contribution in [1.29, 1.82) is 0 Å². The Morgan fingerprint density at radius 1 is 1.00 bits per heavy atom. The number of hydrogen-bond donors (Lipinski definition) is 2. The lowest BCUT2D eigenvalue weighted by molar-refractivity contribution is -0.119. The van der Waals surface area contributed by atoms with Crippen LogP contribution >= 0.6 is 0 Å². The Bertz CT molecular complexity index is 1200. The topological polar surface area (TPSA) is 93.3 Å². The number of fused-ring (bicyclic) bond motifs is 1. The molecule has 0 bridgehead atoms. The van der Waals surface area contributed by atoms with Gasteiger partial charge in [0.2, 0.25) is 0 Å². The first-order valence-corrected chi connectivity index (χ1v) is 9.87. The first-order chi connectivity index (χ1) is 15.1. The highest BCUT2D eigenvalue weighted by atomic mass is 16.5. The van der Waals surface area contributed by atoms with Gasteiger partial charge in [0.05, 0.1) is 23.2 Å². The van der Waals surface area contributed by atoms with Gasteiger partial charge in [-0.1, -0.05) is 30.3 Å². The first kappa shape index (κ1) is 20.2. The number of anilines is 1. The Kier molecular flexibility index (Phi) is 5.93. The molecule has 0 aliphatic carbocycles. The van der Waals surface area contributed by atoms with E-state index in [2.05, 4.69) is 15.3 Å². The number of carbonyl (C=O) groups excluding carboxylic acids is 2. The maximum absolute atomic E-state index is 12.4. The van der Waals surface area contributed by atoms with E-state index in [4.69, 9.17) is 9.47 Å². The van der Waals surface area contributed by atoms with Gasteiger partial charge in [-0.25, -0.2) is 9.78 Å². The van der Waals surface area contributed by atoms with Crippen molar-refractivity contribution in [2.75, 3.05) is 18.5 Å². The van der Waals surface area contributed by atoms with Gasteiger partial charge in [-0.15, -0.1) is 0 Å². The van der Waals surface area contributed by atoms with E-state index >= 15 is 0 Å². The summed E-state index contributed by atoms with van der Waals surface area (Å²) < 4.78 is 10.5. The quantitative estimate of drug-likeness (QED) is 0.436. The number of H-pyrrole nitrogens is 1. The summed E-state index contributed by atoms with van der Waals surface area (Å²) in [5, 5.41) is 2.68. The predicted molar refractivity (Wildman–Crippen MR) is 118 cm³/mol. The average molecular weight is 415 g/mol. The lowest BCUT2D eigenvalue weighted by Gasteiger charge is -2.08. The summed E-state index contributed by atoms with van der Waals surface area (Å²) in [6.07, 6.45) is 0. The molecular formula is C24H21N3O4. The Morgan fingerprint density at radius 2 is 1.77 bits per heavy atom. The molecule has 0 aliphatic rings. The first-order valence-electron chi connectivity index (χ1n) is 9.87. The van der Waals surface area contributed by atoms with Crippen LogP contribution in [0, 0.1) is 0 Å². The van der Waals surface area contributed by atoms with Crippen molar-refractivity contribution in [2.24, 2.45) is 0 Å². The van der Waals surface area contributed by atoms with E-state index in [9.17, 15) is 9.59 Å². The van der Waals surface area contributed by atoms with E-state index < -0.39 is 11.9 Å². The van der Waals surface area contributed by atoms with Crippen molar-refractivity contribution >= 4 is 28.6 Å². The molecule has 2 N–H and O–H groups in total. The van der Waals surface area contributed by atoms with Gasteiger partial charge < -0.3 is 19.8 Å². The van der Waals surface area contributed by atoms with Crippen LogP contribution in [0.1, 0.15) is 17.3 Å². The molecule has 0 radical (unpaired) electrons. The van der Waals surface area contributed by atoms with E-state index in [0.29, 0.717) is 23.4 Å². The second kappa shape index (κ2) is 9.13. The maximum atomic E-state index is 12.4. The molecule has 7 heteroatoms. The number of aromatic nitrogens is 2. The van der Waals surface area contributed by atoms with Crippen LogP contribution < -0.4 is 10.1 Å². The number of aromatic amines is 1. The number of ether oxygens (including phenoxy) is 2. The molecule has 0 fully saturated rings. The van der Waals surface area contributed by atoms with E-state index in [0.717, 1.165) is 22.7 Å². The molecule has 3 aromatic carbocycles. The fourth-order valence-corrected chi connectivity index (χ4v) is 3.08. The zero-order valence-corrected chi connectivity index (χ0v) is 16.9. The molecule has 0 saturated heterocycles. The molecule has 0 unspecified atom stereocenters. The molecule has 0 atom stereocenters. The second-order valence-corrected chi connectivity index (χ2v) is 6.77. The van der Waals surface area contributed by atoms with Crippen molar-refractivity contribution in [3.05, 3.63) is 78.4 Å². The standard InChI is InChI=1S/C24H21N3O4/c1-2-30-19-11-9-18(10-12-19)25-22(28)15-31-24(29)17-8-13-20-21(14-17)27-23(26-20)16-6-4-3-5-7-16/h3-14H,2,15H2,1H3,(H,25,28)(H,26,27). The van der Waals surface area contributed by atoms with Crippen LogP contribution in [0.15, 0.2) is 72.8 Å².